The number of aliphatic hydroxyl groups excluding tert-OH is 2. The minimum Gasteiger partial charge on any atom is -0.388 e. The van der Waals surface area contributed by atoms with Gasteiger partial charge < -0.3 is 10.2 Å². The minimum atomic E-state index is -0.876. The van der Waals surface area contributed by atoms with Gasteiger partial charge in [0.1, 0.15) is 12.3 Å². The molecule has 0 spiro atoms. The molecule has 1 aliphatic heterocycles. The molecule has 2 aromatic carbocycles. The third-order valence-electron chi connectivity index (χ3n) is 5.31. The van der Waals surface area contributed by atoms with Crippen LogP contribution in [-0.4, -0.2) is 40.5 Å². The van der Waals surface area contributed by atoms with Gasteiger partial charge in [0, 0.05) is 23.5 Å². The molecule has 1 heterocycles. The fourth-order valence-corrected chi connectivity index (χ4v) is 3.79. The van der Waals surface area contributed by atoms with Gasteiger partial charge in [-0.1, -0.05) is 61.8 Å². The van der Waals surface area contributed by atoms with Crippen molar-refractivity contribution in [2.75, 3.05) is 13.1 Å². The maximum absolute atomic E-state index is 11.0. The molecular weight excluding hydrogens is 334 g/mol. The summed E-state index contributed by atoms with van der Waals surface area (Å²) >= 11 is 6.01. The highest BCUT2D eigenvalue weighted by molar-refractivity contribution is 6.30. The predicted molar refractivity (Wildman–Crippen MR) is 103 cm³/mol. The molecule has 0 saturated carbocycles. The van der Waals surface area contributed by atoms with Gasteiger partial charge in [-0.3, -0.25) is 4.90 Å². The number of benzene rings is 2. The van der Waals surface area contributed by atoms with Gasteiger partial charge in [0.25, 0.3) is 0 Å². The molecule has 25 heavy (non-hydrogen) atoms. The van der Waals surface area contributed by atoms with Crippen molar-refractivity contribution in [3.63, 3.8) is 0 Å². The summed E-state index contributed by atoms with van der Waals surface area (Å²) in [5, 5.41) is 22.3. The van der Waals surface area contributed by atoms with E-state index in [1.54, 1.807) is 0 Å². The van der Waals surface area contributed by atoms with E-state index in [9.17, 15) is 10.2 Å². The molecule has 0 aliphatic carbocycles. The van der Waals surface area contributed by atoms with E-state index in [-0.39, 0.29) is 0 Å². The number of nitrogens with zero attached hydrogens (tertiary/aromatic N) is 1. The average Bonchev–Trinajstić information content (AvgIpc) is 3.16. The zero-order valence-corrected chi connectivity index (χ0v) is 15.6. The van der Waals surface area contributed by atoms with Crippen molar-refractivity contribution in [3.8, 4) is 11.1 Å². The number of likely N-dealkylation sites (tertiary alicyclic amines) is 1. The van der Waals surface area contributed by atoms with Gasteiger partial charge in [-0.25, -0.2) is 0 Å². The van der Waals surface area contributed by atoms with Gasteiger partial charge in [0.05, 0.1) is 0 Å². The number of hydrogen-bond donors (Lipinski definition) is 2. The molecule has 0 radical (unpaired) electrons. The Bertz CT molecular complexity index is 708. The molecule has 2 aromatic rings. The van der Waals surface area contributed by atoms with E-state index in [4.69, 9.17) is 11.6 Å². The van der Waals surface area contributed by atoms with E-state index >= 15 is 0 Å². The van der Waals surface area contributed by atoms with Gasteiger partial charge in [-0.2, -0.15) is 0 Å². The topological polar surface area (TPSA) is 43.7 Å². The Balaban J connectivity index is 1.95. The highest BCUT2D eigenvalue weighted by Crippen LogP contribution is 2.37. The van der Waals surface area contributed by atoms with Crippen molar-refractivity contribution >= 4 is 11.6 Å². The zero-order valence-electron chi connectivity index (χ0n) is 14.8. The smallest absolute Gasteiger partial charge is 0.134 e. The number of halogens is 1. The van der Waals surface area contributed by atoms with Crippen molar-refractivity contribution in [3.05, 3.63) is 59.1 Å². The summed E-state index contributed by atoms with van der Waals surface area (Å²) in [4.78, 5) is 1.97. The molecule has 3 nitrogen and oxygen atoms in total. The lowest BCUT2D eigenvalue weighted by molar-refractivity contribution is -0.0996. The van der Waals surface area contributed by atoms with Crippen LogP contribution in [0.1, 0.15) is 32.3 Å². The summed E-state index contributed by atoms with van der Waals surface area (Å²) in [6.07, 6.45) is 0.423. The summed E-state index contributed by atoms with van der Waals surface area (Å²) in [7, 11) is 0. The first-order chi connectivity index (χ1) is 11.9. The Morgan fingerprint density at radius 3 is 2.20 bits per heavy atom. The fraction of sp³-hybridized carbons (Fsp3) is 0.429. The second-order valence-electron chi connectivity index (χ2n) is 7.38. The lowest BCUT2D eigenvalue weighted by atomic mass is 9.75. The molecule has 2 atom stereocenters. The second-order valence-corrected chi connectivity index (χ2v) is 7.81. The first kappa shape index (κ1) is 18.4. The molecule has 2 unspecified atom stereocenters. The molecule has 1 aliphatic rings. The Morgan fingerprint density at radius 2 is 1.56 bits per heavy atom. The largest absolute Gasteiger partial charge is 0.388 e. The Morgan fingerprint density at radius 1 is 0.960 bits per heavy atom. The van der Waals surface area contributed by atoms with Crippen molar-refractivity contribution in [2.45, 2.75) is 44.4 Å². The van der Waals surface area contributed by atoms with E-state index in [0.717, 1.165) is 42.6 Å². The van der Waals surface area contributed by atoms with Gasteiger partial charge >= 0.3 is 0 Å². The van der Waals surface area contributed by atoms with Crippen LogP contribution in [0.2, 0.25) is 5.02 Å². The van der Waals surface area contributed by atoms with Crippen molar-refractivity contribution in [1.82, 2.24) is 4.90 Å². The summed E-state index contributed by atoms with van der Waals surface area (Å²) < 4.78 is 0. The third-order valence-corrected chi connectivity index (χ3v) is 5.57. The van der Waals surface area contributed by atoms with E-state index in [0.29, 0.717) is 5.02 Å². The van der Waals surface area contributed by atoms with Gasteiger partial charge in [-0.15, -0.1) is 0 Å². The second kappa shape index (κ2) is 7.46. The molecule has 0 amide bonds. The maximum Gasteiger partial charge on any atom is 0.134 e. The van der Waals surface area contributed by atoms with Gasteiger partial charge in [0.2, 0.25) is 0 Å². The predicted octanol–water partition coefficient (Wildman–Crippen LogP) is 4.06. The molecule has 1 saturated heterocycles. The first-order valence-corrected chi connectivity index (χ1v) is 9.24. The van der Waals surface area contributed by atoms with Crippen LogP contribution in [0.25, 0.3) is 11.1 Å². The van der Waals surface area contributed by atoms with E-state index in [1.165, 1.54) is 0 Å². The van der Waals surface area contributed by atoms with Crippen molar-refractivity contribution < 1.29 is 10.2 Å². The first-order valence-electron chi connectivity index (χ1n) is 8.87. The van der Waals surface area contributed by atoms with E-state index < -0.39 is 17.7 Å². The van der Waals surface area contributed by atoms with Crippen LogP contribution in [0.4, 0.5) is 0 Å². The lowest BCUT2D eigenvalue weighted by Crippen LogP contribution is -2.50. The quantitative estimate of drug-likeness (QED) is 0.846. The summed E-state index contributed by atoms with van der Waals surface area (Å²) in [6.45, 7) is 5.66. The Hall–Kier alpha value is -1.39. The van der Waals surface area contributed by atoms with Crippen LogP contribution in [0.5, 0.6) is 0 Å². The fourth-order valence-electron chi connectivity index (χ4n) is 3.66. The van der Waals surface area contributed by atoms with Crippen LogP contribution < -0.4 is 0 Å². The zero-order chi connectivity index (χ0) is 18.0. The highest BCUT2D eigenvalue weighted by atomic mass is 35.5. The monoisotopic (exact) mass is 359 g/mol. The molecule has 3 rings (SSSR count). The number of rotatable bonds is 5. The standard InChI is InChI=1S/C21H26ClNO2/c1-21(2,19(24)20(25)23-13-5-6-14-23)18-8-4-3-7-17(18)15-9-11-16(22)12-10-15/h3-4,7-12,19-20,24-25H,5-6,13-14H2,1-2H3. The Kier molecular flexibility index (Phi) is 5.49. The summed E-state index contributed by atoms with van der Waals surface area (Å²) in [5.41, 5.74) is 2.52. The average molecular weight is 360 g/mol. The molecule has 1 fully saturated rings. The molecule has 2 N–H and O–H groups in total. The van der Waals surface area contributed by atoms with E-state index in [2.05, 4.69) is 6.07 Å². The molecular formula is C21H26ClNO2. The van der Waals surface area contributed by atoms with Gasteiger partial charge in [0.15, 0.2) is 0 Å². The van der Waals surface area contributed by atoms with Crippen LogP contribution in [0.3, 0.4) is 0 Å². The number of aliphatic hydroxyl groups is 2. The minimum absolute atomic E-state index is 0.599. The Labute approximate surface area is 154 Å². The number of hydrogen-bond acceptors (Lipinski definition) is 3. The normalized spacial score (nSPS) is 18.3. The molecule has 0 bridgehead atoms. The van der Waals surface area contributed by atoms with Crippen LogP contribution in [-0.2, 0) is 5.41 Å². The highest BCUT2D eigenvalue weighted by Gasteiger charge is 2.39. The van der Waals surface area contributed by atoms with Crippen molar-refractivity contribution in [2.24, 2.45) is 0 Å². The SMILES string of the molecule is CC(C)(c1ccccc1-c1ccc(Cl)cc1)C(O)C(O)N1CCCC1. The third kappa shape index (κ3) is 3.75. The van der Waals surface area contributed by atoms with Gasteiger partial charge in [-0.05, 0) is 41.7 Å². The van der Waals surface area contributed by atoms with Crippen LogP contribution >= 0.6 is 11.6 Å². The summed E-state index contributed by atoms with van der Waals surface area (Å²) in [5.74, 6) is 0. The lowest BCUT2D eigenvalue weighted by Gasteiger charge is -2.38. The maximum atomic E-state index is 11.0. The molecule has 0 aromatic heterocycles. The van der Waals surface area contributed by atoms with Crippen molar-refractivity contribution in [1.29, 1.82) is 0 Å². The van der Waals surface area contributed by atoms with Crippen LogP contribution in [0.15, 0.2) is 48.5 Å². The molecule has 4 heteroatoms. The molecule has 134 valence electrons. The van der Waals surface area contributed by atoms with Crippen LogP contribution in [0, 0.1) is 0 Å². The van der Waals surface area contributed by atoms with E-state index in [1.807, 2.05) is 61.2 Å². The summed E-state index contributed by atoms with van der Waals surface area (Å²) in [6, 6.07) is 15.8.